The second-order valence-electron chi connectivity index (χ2n) is 5.50. The van der Waals surface area contributed by atoms with Gasteiger partial charge in [-0.15, -0.1) is 0 Å². The molecule has 0 saturated carbocycles. The van der Waals surface area contributed by atoms with Crippen LogP contribution in [0.25, 0.3) is 0 Å². The summed E-state index contributed by atoms with van der Waals surface area (Å²) in [4.78, 5) is 17.6. The number of hydrogen-bond donors (Lipinski definition) is 1. The first-order valence-electron chi connectivity index (χ1n) is 6.73. The maximum absolute atomic E-state index is 11.9. The highest BCUT2D eigenvalue weighted by molar-refractivity contribution is 6.03. The monoisotopic (exact) mass is 275 g/mol. The fourth-order valence-corrected chi connectivity index (χ4v) is 2.51. The van der Waals surface area contributed by atoms with Crippen molar-refractivity contribution in [2.24, 2.45) is 16.6 Å². The Bertz CT molecular complexity index is 552. The number of amidine groups is 1. The molecular weight excluding hydrogens is 254 g/mol. The average molecular weight is 275 g/mol. The van der Waals surface area contributed by atoms with Gasteiger partial charge in [-0.05, 0) is 36.1 Å². The standard InChI is InChI=1S/C15H21N3O2/c1-9(2)8-18-13(14(16)17-15(18)19)11-5-6-12(20-4)10(3)7-11/h5-7,9,13H,8H2,1-4H3,(H2,16,17,19). The van der Waals surface area contributed by atoms with E-state index in [1.165, 1.54) is 0 Å². The quantitative estimate of drug-likeness (QED) is 0.918. The molecule has 108 valence electrons. The van der Waals surface area contributed by atoms with Crippen LogP contribution < -0.4 is 10.5 Å². The van der Waals surface area contributed by atoms with Crippen molar-refractivity contribution in [3.63, 3.8) is 0 Å². The Kier molecular flexibility index (Phi) is 3.97. The smallest absolute Gasteiger partial charge is 0.346 e. The lowest BCUT2D eigenvalue weighted by atomic mass is 10.0. The summed E-state index contributed by atoms with van der Waals surface area (Å²) in [7, 11) is 1.64. The highest BCUT2D eigenvalue weighted by Gasteiger charge is 2.34. The number of hydrogen-bond acceptors (Lipinski definition) is 3. The number of nitrogens with zero attached hydrogens (tertiary/aromatic N) is 2. The highest BCUT2D eigenvalue weighted by atomic mass is 16.5. The highest BCUT2D eigenvalue weighted by Crippen LogP contribution is 2.30. The molecule has 0 aromatic heterocycles. The van der Waals surface area contributed by atoms with Crippen molar-refractivity contribution in [2.45, 2.75) is 26.8 Å². The molecule has 0 spiro atoms. The molecule has 1 aromatic rings. The Morgan fingerprint density at radius 1 is 1.45 bits per heavy atom. The molecular formula is C15H21N3O2. The van der Waals surface area contributed by atoms with E-state index in [-0.39, 0.29) is 12.1 Å². The molecule has 0 bridgehead atoms. The zero-order chi connectivity index (χ0) is 14.9. The third-order valence-electron chi connectivity index (χ3n) is 3.36. The topological polar surface area (TPSA) is 67.9 Å². The van der Waals surface area contributed by atoms with Crippen LogP contribution in [-0.2, 0) is 0 Å². The summed E-state index contributed by atoms with van der Waals surface area (Å²) in [5.41, 5.74) is 7.93. The van der Waals surface area contributed by atoms with Crippen LogP contribution >= 0.6 is 0 Å². The Labute approximate surface area is 119 Å². The second-order valence-corrected chi connectivity index (χ2v) is 5.50. The predicted octanol–water partition coefficient (Wildman–Crippen LogP) is 2.49. The average Bonchev–Trinajstić information content (AvgIpc) is 2.63. The number of urea groups is 1. The Balaban J connectivity index is 2.35. The molecule has 0 saturated heterocycles. The number of benzene rings is 1. The van der Waals surface area contributed by atoms with E-state index in [1.54, 1.807) is 12.0 Å². The largest absolute Gasteiger partial charge is 0.496 e. The van der Waals surface area contributed by atoms with Gasteiger partial charge in [0, 0.05) is 6.54 Å². The van der Waals surface area contributed by atoms with E-state index in [0.29, 0.717) is 18.3 Å². The molecule has 2 amide bonds. The minimum atomic E-state index is -0.269. The third-order valence-corrected chi connectivity index (χ3v) is 3.36. The van der Waals surface area contributed by atoms with Crippen LogP contribution in [0.3, 0.4) is 0 Å². The van der Waals surface area contributed by atoms with E-state index in [1.807, 2.05) is 25.1 Å². The van der Waals surface area contributed by atoms with Crippen molar-refractivity contribution in [3.8, 4) is 5.75 Å². The van der Waals surface area contributed by atoms with Gasteiger partial charge in [-0.3, -0.25) is 0 Å². The first kappa shape index (κ1) is 14.4. The number of carbonyl (C=O) groups excluding carboxylic acids is 1. The van der Waals surface area contributed by atoms with Crippen molar-refractivity contribution in [1.82, 2.24) is 4.90 Å². The zero-order valence-electron chi connectivity index (χ0n) is 12.4. The number of amides is 2. The summed E-state index contributed by atoms with van der Waals surface area (Å²) in [5, 5.41) is 0. The second kappa shape index (κ2) is 5.53. The number of aliphatic imine (C=N–C) groups is 1. The van der Waals surface area contributed by atoms with Crippen LogP contribution in [0.4, 0.5) is 4.79 Å². The zero-order valence-corrected chi connectivity index (χ0v) is 12.4. The van der Waals surface area contributed by atoms with Gasteiger partial charge in [-0.1, -0.05) is 19.9 Å². The number of rotatable bonds is 4. The van der Waals surface area contributed by atoms with Crippen molar-refractivity contribution < 1.29 is 9.53 Å². The molecule has 0 radical (unpaired) electrons. The number of nitrogens with two attached hydrogens (primary N) is 1. The summed E-state index contributed by atoms with van der Waals surface area (Å²) in [6, 6.07) is 5.31. The van der Waals surface area contributed by atoms with Crippen LogP contribution in [0.15, 0.2) is 23.2 Å². The van der Waals surface area contributed by atoms with E-state index in [4.69, 9.17) is 10.5 Å². The molecule has 1 heterocycles. The van der Waals surface area contributed by atoms with Crippen LogP contribution in [-0.4, -0.2) is 30.4 Å². The first-order chi connectivity index (χ1) is 9.43. The van der Waals surface area contributed by atoms with Gasteiger partial charge in [0.2, 0.25) is 0 Å². The minimum absolute atomic E-state index is 0.255. The molecule has 1 unspecified atom stereocenters. The Morgan fingerprint density at radius 2 is 2.15 bits per heavy atom. The maximum Gasteiger partial charge on any atom is 0.346 e. The summed E-state index contributed by atoms with van der Waals surface area (Å²) in [6.07, 6.45) is 0. The van der Waals surface area contributed by atoms with Gasteiger partial charge in [0.25, 0.3) is 0 Å². The summed E-state index contributed by atoms with van der Waals surface area (Å²) >= 11 is 0. The molecule has 1 aliphatic heterocycles. The van der Waals surface area contributed by atoms with Gasteiger partial charge in [-0.2, -0.15) is 4.99 Å². The van der Waals surface area contributed by atoms with Crippen molar-refractivity contribution in [1.29, 1.82) is 0 Å². The van der Waals surface area contributed by atoms with Crippen molar-refractivity contribution in [2.75, 3.05) is 13.7 Å². The molecule has 2 rings (SSSR count). The normalized spacial score (nSPS) is 18.6. The third kappa shape index (κ3) is 2.61. The predicted molar refractivity (Wildman–Crippen MR) is 79.0 cm³/mol. The van der Waals surface area contributed by atoms with E-state index in [2.05, 4.69) is 18.8 Å². The molecule has 1 aliphatic rings. The molecule has 1 aromatic carbocycles. The number of ether oxygens (including phenoxy) is 1. The van der Waals surface area contributed by atoms with E-state index >= 15 is 0 Å². The molecule has 0 fully saturated rings. The fourth-order valence-electron chi connectivity index (χ4n) is 2.51. The molecule has 5 nitrogen and oxygen atoms in total. The van der Waals surface area contributed by atoms with E-state index in [9.17, 15) is 4.79 Å². The van der Waals surface area contributed by atoms with Crippen molar-refractivity contribution in [3.05, 3.63) is 29.3 Å². The summed E-state index contributed by atoms with van der Waals surface area (Å²) < 4.78 is 5.26. The van der Waals surface area contributed by atoms with Crippen LogP contribution in [0, 0.1) is 12.8 Å². The lowest BCUT2D eigenvalue weighted by Crippen LogP contribution is -2.35. The number of methoxy groups -OCH3 is 1. The lowest BCUT2D eigenvalue weighted by Gasteiger charge is -2.26. The van der Waals surface area contributed by atoms with Gasteiger partial charge in [0.15, 0.2) is 0 Å². The maximum atomic E-state index is 11.9. The van der Waals surface area contributed by atoms with Crippen LogP contribution in [0.2, 0.25) is 0 Å². The lowest BCUT2D eigenvalue weighted by molar-refractivity contribution is 0.199. The minimum Gasteiger partial charge on any atom is -0.496 e. The van der Waals surface area contributed by atoms with Crippen molar-refractivity contribution >= 4 is 11.9 Å². The molecule has 5 heteroatoms. The first-order valence-corrected chi connectivity index (χ1v) is 6.73. The van der Waals surface area contributed by atoms with Gasteiger partial charge >= 0.3 is 6.03 Å². The van der Waals surface area contributed by atoms with Gasteiger partial charge < -0.3 is 15.4 Å². The van der Waals surface area contributed by atoms with Crippen LogP contribution in [0.5, 0.6) is 5.75 Å². The van der Waals surface area contributed by atoms with E-state index in [0.717, 1.165) is 16.9 Å². The molecule has 0 aliphatic carbocycles. The summed E-state index contributed by atoms with van der Waals surface area (Å²) in [5.74, 6) is 1.55. The van der Waals surface area contributed by atoms with Crippen LogP contribution in [0.1, 0.15) is 31.0 Å². The molecule has 20 heavy (non-hydrogen) atoms. The molecule has 2 N–H and O–H groups in total. The molecule has 1 atom stereocenters. The number of carbonyl (C=O) groups is 1. The Morgan fingerprint density at radius 3 is 2.70 bits per heavy atom. The fraction of sp³-hybridized carbons (Fsp3) is 0.467. The van der Waals surface area contributed by atoms with Gasteiger partial charge in [-0.25, -0.2) is 4.79 Å². The van der Waals surface area contributed by atoms with Gasteiger partial charge in [0.1, 0.15) is 17.6 Å². The Hall–Kier alpha value is -2.04. The number of aryl methyl sites for hydroxylation is 1. The summed E-state index contributed by atoms with van der Waals surface area (Å²) in [6.45, 7) is 6.74. The van der Waals surface area contributed by atoms with E-state index < -0.39 is 0 Å². The van der Waals surface area contributed by atoms with Gasteiger partial charge in [0.05, 0.1) is 7.11 Å². The SMILES string of the molecule is COc1ccc(C2C(N)=NC(=O)N2CC(C)C)cc1C.